The van der Waals surface area contributed by atoms with Gasteiger partial charge in [-0.2, -0.15) is 0 Å². The summed E-state index contributed by atoms with van der Waals surface area (Å²) in [5, 5.41) is 2.69. The van der Waals surface area contributed by atoms with E-state index in [-0.39, 0.29) is 23.8 Å². The number of benzene rings is 1. The van der Waals surface area contributed by atoms with Gasteiger partial charge in [0.25, 0.3) is 0 Å². The van der Waals surface area contributed by atoms with Gasteiger partial charge < -0.3 is 15.8 Å². The number of ether oxygens (including phenoxy) is 1. The highest BCUT2D eigenvalue weighted by atomic mass is 16.5. The molecule has 1 aromatic rings. The third kappa shape index (κ3) is 5.19. The summed E-state index contributed by atoms with van der Waals surface area (Å²) in [6.45, 7) is 5.92. The molecule has 0 bridgehead atoms. The van der Waals surface area contributed by atoms with E-state index in [1.807, 2.05) is 26.8 Å². The molecule has 0 aliphatic carbocycles. The van der Waals surface area contributed by atoms with Crippen molar-refractivity contribution in [2.75, 3.05) is 7.11 Å². The topological polar surface area (TPSA) is 81.4 Å². The zero-order valence-electron chi connectivity index (χ0n) is 13.1. The van der Waals surface area contributed by atoms with Gasteiger partial charge in [-0.3, -0.25) is 4.79 Å². The molecule has 1 amide bonds. The number of nitrogens with one attached hydrogen (secondary N) is 1. The lowest BCUT2D eigenvalue weighted by Gasteiger charge is -2.27. The standard InChI is InChI=1S/C16H24N2O3/c1-16(2,3)12(17)10-13(19)18-14(15(20)21-4)11-8-6-5-7-9-11/h5-9,12,14H,10,17H2,1-4H3,(H,18,19). The van der Waals surface area contributed by atoms with Crippen LogP contribution in [0.15, 0.2) is 30.3 Å². The van der Waals surface area contributed by atoms with Gasteiger partial charge in [-0.25, -0.2) is 4.79 Å². The molecule has 1 rings (SSSR count). The van der Waals surface area contributed by atoms with E-state index in [9.17, 15) is 9.59 Å². The number of carbonyl (C=O) groups is 2. The lowest BCUT2D eigenvalue weighted by molar-refractivity contribution is -0.145. The number of carbonyl (C=O) groups excluding carboxylic acids is 2. The summed E-state index contributed by atoms with van der Waals surface area (Å²) < 4.78 is 4.75. The Balaban J connectivity index is 2.79. The molecule has 0 aliphatic rings. The van der Waals surface area contributed by atoms with Crippen molar-refractivity contribution in [3.05, 3.63) is 35.9 Å². The molecule has 0 aromatic heterocycles. The van der Waals surface area contributed by atoms with Crippen LogP contribution >= 0.6 is 0 Å². The zero-order chi connectivity index (χ0) is 16.0. The third-order valence-corrected chi connectivity index (χ3v) is 3.39. The van der Waals surface area contributed by atoms with Crippen LogP contribution in [0.4, 0.5) is 0 Å². The van der Waals surface area contributed by atoms with Crippen LogP contribution in [0.2, 0.25) is 0 Å². The normalized spacial score (nSPS) is 14.1. The molecule has 0 saturated heterocycles. The predicted octanol–water partition coefficient (Wildman–Crippen LogP) is 1.78. The van der Waals surface area contributed by atoms with E-state index in [0.717, 1.165) is 0 Å². The maximum absolute atomic E-state index is 12.1. The van der Waals surface area contributed by atoms with Crippen LogP contribution in [0.3, 0.4) is 0 Å². The Morgan fingerprint density at radius 1 is 1.24 bits per heavy atom. The lowest BCUT2D eigenvalue weighted by Crippen LogP contribution is -2.42. The summed E-state index contributed by atoms with van der Waals surface area (Å²) in [7, 11) is 1.30. The van der Waals surface area contributed by atoms with E-state index in [0.29, 0.717) is 5.56 Å². The highest BCUT2D eigenvalue weighted by Crippen LogP contribution is 2.20. The van der Waals surface area contributed by atoms with Gasteiger partial charge in [0.1, 0.15) is 0 Å². The van der Waals surface area contributed by atoms with Gasteiger partial charge in [-0.15, -0.1) is 0 Å². The minimum absolute atomic E-state index is 0.157. The van der Waals surface area contributed by atoms with Crippen molar-refractivity contribution in [3.63, 3.8) is 0 Å². The maximum Gasteiger partial charge on any atom is 0.333 e. The first kappa shape index (κ1) is 17.2. The van der Waals surface area contributed by atoms with Crippen molar-refractivity contribution in [2.45, 2.75) is 39.3 Å². The molecular weight excluding hydrogens is 268 g/mol. The second-order valence-electron chi connectivity index (χ2n) is 6.11. The third-order valence-electron chi connectivity index (χ3n) is 3.39. The highest BCUT2D eigenvalue weighted by molar-refractivity contribution is 5.85. The number of rotatable bonds is 5. The van der Waals surface area contributed by atoms with Gasteiger partial charge in [-0.1, -0.05) is 51.1 Å². The van der Waals surface area contributed by atoms with Crippen LogP contribution in [-0.2, 0) is 14.3 Å². The van der Waals surface area contributed by atoms with E-state index in [1.165, 1.54) is 7.11 Å². The Bertz CT molecular complexity index is 480. The molecular formula is C16H24N2O3. The fourth-order valence-electron chi connectivity index (χ4n) is 1.77. The lowest BCUT2D eigenvalue weighted by atomic mass is 9.85. The van der Waals surface area contributed by atoms with Crippen LogP contribution in [-0.4, -0.2) is 25.0 Å². The zero-order valence-corrected chi connectivity index (χ0v) is 13.1. The Labute approximate surface area is 125 Å². The number of hydrogen-bond donors (Lipinski definition) is 2. The van der Waals surface area contributed by atoms with E-state index < -0.39 is 12.0 Å². The van der Waals surface area contributed by atoms with Crippen molar-refractivity contribution < 1.29 is 14.3 Å². The quantitative estimate of drug-likeness (QED) is 0.811. The minimum Gasteiger partial charge on any atom is -0.467 e. The highest BCUT2D eigenvalue weighted by Gasteiger charge is 2.27. The second kappa shape index (κ2) is 7.22. The average molecular weight is 292 g/mol. The molecule has 5 heteroatoms. The van der Waals surface area contributed by atoms with Gasteiger partial charge in [0.05, 0.1) is 7.11 Å². The summed E-state index contributed by atoms with van der Waals surface area (Å²) in [6.07, 6.45) is 0.157. The molecule has 1 aromatic carbocycles. The molecule has 116 valence electrons. The predicted molar refractivity (Wildman–Crippen MR) is 81.4 cm³/mol. The molecule has 0 saturated carbocycles. The smallest absolute Gasteiger partial charge is 0.333 e. The van der Waals surface area contributed by atoms with Crippen LogP contribution in [0.5, 0.6) is 0 Å². The summed E-state index contributed by atoms with van der Waals surface area (Å²) in [4.78, 5) is 24.0. The van der Waals surface area contributed by atoms with Crippen LogP contribution < -0.4 is 11.1 Å². The average Bonchev–Trinajstić information content (AvgIpc) is 2.43. The first-order valence-electron chi connectivity index (χ1n) is 6.93. The van der Waals surface area contributed by atoms with Gasteiger partial charge in [0.15, 0.2) is 6.04 Å². The molecule has 2 unspecified atom stereocenters. The van der Waals surface area contributed by atoms with Crippen molar-refractivity contribution in [1.82, 2.24) is 5.32 Å². The van der Waals surface area contributed by atoms with Gasteiger partial charge in [0, 0.05) is 12.5 Å². The molecule has 0 heterocycles. The number of hydrogen-bond acceptors (Lipinski definition) is 4. The number of nitrogens with two attached hydrogens (primary N) is 1. The monoisotopic (exact) mass is 292 g/mol. The molecule has 2 atom stereocenters. The molecule has 0 radical (unpaired) electrons. The van der Waals surface area contributed by atoms with Crippen LogP contribution in [0.25, 0.3) is 0 Å². The summed E-state index contributed by atoms with van der Waals surface area (Å²) in [6, 6.07) is 7.89. The first-order valence-corrected chi connectivity index (χ1v) is 6.93. The van der Waals surface area contributed by atoms with Gasteiger partial charge in [0.2, 0.25) is 5.91 Å². The SMILES string of the molecule is COC(=O)C(NC(=O)CC(N)C(C)(C)C)c1ccccc1. The molecule has 0 aliphatic heterocycles. The van der Waals surface area contributed by atoms with Gasteiger partial charge >= 0.3 is 5.97 Å². The van der Waals surface area contributed by atoms with Crippen molar-refractivity contribution in [2.24, 2.45) is 11.1 Å². The number of amides is 1. The van der Waals surface area contributed by atoms with E-state index in [4.69, 9.17) is 10.5 Å². The van der Waals surface area contributed by atoms with Crippen molar-refractivity contribution >= 4 is 11.9 Å². The molecule has 5 nitrogen and oxygen atoms in total. The fraction of sp³-hybridized carbons (Fsp3) is 0.500. The van der Waals surface area contributed by atoms with Crippen molar-refractivity contribution in [3.8, 4) is 0 Å². The Morgan fingerprint density at radius 2 is 1.81 bits per heavy atom. The maximum atomic E-state index is 12.1. The van der Waals surface area contributed by atoms with Crippen LogP contribution in [0, 0.1) is 5.41 Å². The molecule has 0 fully saturated rings. The molecule has 3 N–H and O–H groups in total. The Morgan fingerprint density at radius 3 is 2.29 bits per heavy atom. The summed E-state index contributed by atoms with van der Waals surface area (Å²) >= 11 is 0. The van der Waals surface area contributed by atoms with E-state index >= 15 is 0 Å². The largest absolute Gasteiger partial charge is 0.467 e. The van der Waals surface area contributed by atoms with E-state index in [2.05, 4.69) is 5.32 Å². The fourth-order valence-corrected chi connectivity index (χ4v) is 1.77. The second-order valence-corrected chi connectivity index (χ2v) is 6.11. The van der Waals surface area contributed by atoms with Crippen LogP contribution in [0.1, 0.15) is 38.8 Å². The summed E-state index contributed by atoms with van der Waals surface area (Å²) in [5.74, 6) is -0.768. The Kier molecular flexibility index (Phi) is 5.90. The van der Waals surface area contributed by atoms with Crippen molar-refractivity contribution in [1.29, 1.82) is 0 Å². The number of methoxy groups -OCH3 is 1. The Hall–Kier alpha value is -1.88. The van der Waals surface area contributed by atoms with E-state index in [1.54, 1.807) is 24.3 Å². The first-order chi connectivity index (χ1) is 9.75. The number of esters is 1. The summed E-state index contributed by atoms with van der Waals surface area (Å²) in [5.41, 5.74) is 6.50. The van der Waals surface area contributed by atoms with Gasteiger partial charge in [-0.05, 0) is 11.0 Å². The molecule has 0 spiro atoms. The molecule has 21 heavy (non-hydrogen) atoms. The minimum atomic E-state index is -0.809.